The van der Waals surface area contributed by atoms with Crippen molar-refractivity contribution < 1.29 is 32.5 Å². The van der Waals surface area contributed by atoms with Gasteiger partial charge in [0.1, 0.15) is 29.4 Å². The number of anilines is 1. The molecule has 0 unspecified atom stereocenters. The Morgan fingerprint density at radius 1 is 0.980 bits per heavy atom. The first-order valence-electron chi connectivity index (χ1n) is 16.5. The second kappa shape index (κ2) is 14.8. The monoisotopic (exact) mass is 681 g/mol. The van der Waals surface area contributed by atoms with E-state index in [0.29, 0.717) is 32.2 Å². The van der Waals surface area contributed by atoms with Crippen LogP contribution in [0.2, 0.25) is 0 Å². The van der Waals surface area contributed by atoms with Gasteiger partial charge in [0.25, 0.3) is 11.8 Å². The first kappa shape index (κ1) is 34.2. The summed E-state index contributed by atoms with van der Waals surface area (Å²) in [5.74, 6) is -2.94. The molecule has 50 heavy (non-hydrogen) atoms. The Hall–Kier alpha value is -5.70. The lowest BCUT2D eigenvalue weighted by Gasteiger charge is -2.38. The molecule has 0 radical (unpaired) electrons. The minimum Gasteiger partial charge on any atom is -0.485 e. The van der Waals surface area contributed by atoms with Crippen LogP contribution in [0.3, 0.4) is 0 Å². The molecule has 1 aliphatic carbocycles. The smallest absolute Gasteiger partial charge is 0.331 e. The van der Waals surface area contributed by atoms with E-state index in [1.807, 2.05) is 54.4 Å². The minimum atomic E-state index is -1.33. The lowest BCUT2D eigenvalue weighted by molar-refractivity contribution is -0.149. The third kappa shape index (κ3) is 6.89. The number of aromatic nitrogens is 1. The van der Waals surface area contributed by atoms with Gasteiger partial charge in [0.15, 0.2) is 11.5 Å². The number of pyridine rings is 1. The third-order valence-electron chi connectivity index (χ3n) is 8.94. The fourth-order valence-electron chi connectivity index (χ4n) is 6.31. The molecule has 2 heterocycles. The fourth-order valence-corrected chi connectivity index (χ4v) is 6.31. The van der Waals surface area contributed by atoms with Crippen LogP contribution in [0.15, 0.2) is 77.8 Å². The molecule has 1 aromatic heterocycles. The van der Waals surface area contributed by atoms with E-state index in [4.69, 9.17) is 18.9 Å². The van der Waals surface area contributed by atoms with Crippen LogP contribution in [-0.4, -0.2) is 61.0 Å². The molecule has 0 amide bonds. The number of hydrogen-bond acceptors (Lipinski definition) is 10. The van der Waals surface area contributed by atoms with Crippen molar-refractivity contribution >= 4 is 17.5 Å². The molecule has 258 valence electrons. The number of benzene rings is 3. The van der Waals surface area contributed by atoms with Crippen LogP contribution < -0.4 is 19.1 Å². The van der Waals surface area contributed by atoms with E-state index in [1.165, 1.54) is 30.1 Å². The molecule has 6 rings (SSSR count). The normalized spacial score (nSPS) is 14.9. The number of hydrogen-bond donors (Lipinski definition) is 0. The number of halogens is 2. The van der Waals surface area contributed by atoms with Gasteiger partial charge in [-0.25, -0.2) is 4.79 Å². The summed E-state index contributed by atoms with van der Waals surface area (Å²) in [5.41, 5.74) is -0.0686. The van der Waals surface area contributed by atoms with E-state index < -0.39 is 40.6 Å². The Bertz CT molecular complexity index is 1940. The Kier molecular flexibility index (Phi) is 10.1. The second-order valence-electron chi connectivity index (χ2n) is 12.1. The number of esters is 1. The van der Waals surface area contributed by atoms with E-state index >= 15 is 8.78 Å². The molecule has 3 aromatic carbocycles. The van der Waals surface area contributed by atoms with E-state index in [9.17, 15) is 10.1 Å². The number of ether oxygens (including phenoxy) is 4. The SMILES string of the molecule is CCOC(=O)C1(N(C)c2c(F)c(Oc3cccc(C4=NCCN4C)c3)nc(Oc3cc(C#N)ccc3OCc3ccccc3)c2F)CCCC1. The second-order valence-corrected chi connectivity index (χ2v) is 12.1. The summed E-state index contributed by atoms with van der Waals surface area (Å²) in [6.45, 7) is 3.35. The van der Waals surface area contributed by atoms with Crippen molar-refractivity contribution in [1.29, 1.82) is 5.26 Å². The van der Waals surface area contributed by atoms with Crippen molar-refractivity contribution in [2.45, 2.75) is 44.8 Å². The fraction of sp³-hybridized carbons (Fsp3) is 0.316. The highest BCUT2D eigenvalue weighted by Gasteiger charge is 2.48. The highest BCUT2D eigenvalue weighted by atomic mass is 19.1. The molecule has 1 fully saturated rings. The molecule has 0 spiro atoms. The van der Waals surface area contributed by atoms with Crippen LogP contribution in [0, 0.1) is 23.0 Å². The molecule has 4 aromatic rings. The highest BCUT2D eigenvalue weighted by molar-refractivity contribution is 5.99. The Morgan fingerprint density at radius 2 is 1.72 bits per heavy atom. The Labute approximate surface area is 289 Å². The molecule has 0 saturated heterocycles. The van der Waals surface area contributed by atoms with Crippen molar-refractivity contribution in [3.8, 4) is 35.1 Å². The minimum absolute atomic E-state index is 0.0252. The average molecular weight is 682 g/mol. The molecule has 0 N–H and O–H groups in total. The van der Waals surface area contributed by atoms with E-state index in [1.54, 1.807) is 25.1 Å². The molecule has 12 heteroatoms. The molecule has 1 saturated carbocycles. The first-order chi connectivity index (χ1) is 24.2. The quantitative estimate of drug-likeness (QED) is 0.141. The van der Waals surface area contributed by atoms with E-state index in [2.05, 4.69) is 9.98 Å². The van der Waals surface area contributed by atoms with Gasteiger partial charge in [-0.2, -0.15) is 19.0 Å². The summed E-state index contributed by atoms with van der Waals surface area (Å²) in [6.07, 6.45) is 1.99. The lowest BCUT2D eigenvalue weighted by Crippen LogP contribution is -2.52. The predicted molar refractivity (Wildman–Crippen MR) is 183 cm³/mol. The van der Waals surface area contributed by atoms with Gasteiger partial charge < -0.3 is 28.7 Å². The summed E-state index contributed by atoms with van der Waals surface area (Å²) in [4.78, 5) is 25.4. The van der Waals surface area contributed by atoms with Gasteiger partial charge in [-0.05, 0) is 49.6 Å². The number of nitriles is 1. The van der Waals surface area contributed by atoms with Crippen molar-refractivity contribution in [1.82, 2.24) is 9.88 Å². The van der Waals surface area contributed by atoms with E-state index in [-0.39, 0.29) is 36.0 Å². The molecule has 1 aliphatic heterocycles. The van der Waals surface area contributed by atoms with Gasteiger partial charge in [-0.1, -0.05) is 55.3 Å². The largest absolute Gasteiger partial charge is 0.485 e. The van der Waals surface area contributed by atoms with Crippen LogP contribution in [-0.2, 0) is 16.1 Å². The van der Waals surface area contributed by atoms with Gasteiger partial charge in [-0.15, -0.1) is 0 Å². The Balaban J connectivity index is 1.44. The summed E-state index contributed by atoms with van der Waals surface area (Å²) >= 11 is 0. The van der Waals surface area contributed by atoms with Gasteiger partial charge >= 0.3 is 5.97 Å². The molecule has 10 nitrogen and oxygen atoms in total. The summed E-state index contributed by atoms with van der Waals surface area (Å²) in [5, 5.41) is 9.64. The number of aliphatic imine (C=N–C) groups is 1. The summed E-state index contributed by atoms with van der Waals surface area (Å²) < 4.78 is 56.9. The summed E-state index contributed by atoms with van der Waals surface area (Å²) in [6, 6.07) is 22.8. The van der Waals surface area contributed by atoms with Gasteiger partial charge in [0.05, 0.1) is 24.8 Å². The number of nitrogens with zero attached hydrogens (tertiary/aromatic N) is 5. The average Bonchev–Trinajstić information content (AvgIpc) is 3.81. The number of carbonyl (C=O) groups excluding carboxylic acids is 1. The lowest BCUT2D eigenvalue weighted by atomic mass is 9.94. The molecule has 0 atom stereocenters. The zero-order chi connectivity index (χ0) is 35.3. The maximum Gasteiger partial charge on any atom is 0.331 e. The Morgan fingerprint density at radius 3 is 2.40 bits per heavy atom. The predicted octanol–water partition coefficient (Wildman–Crippen LogP) is 7.40. The zero-order valence-corrected chi connectivity index (χ0v) is 28.1. The van der Waals surface area contributed by atoms with E-state index in [0.717, 1.165) is 23.5 Å². The molecular formula is C38H37F2N5O5. The van der Waals surface area contributed by atoms with Crippen molar-refractivity contribution in [2.24, 2.45) is 4.99 Å². The topological polar surface area (TPSA) is 110 Å². The highest BCUT2D eigenvalue weighted by Crippen LogP contribution is 2.45. The molecular weight excluding hydrogens is 644 g/mol. The van der Waals surface area contributed by atoms with Crippen LogP contribution in [0.4, 0.5) is 14.5 Å². The maximum atomic E-state index is 16.7. The molecule has 0 bridgehead atoms. The van der Waals surface area contributed by atoms with Crippen molar-refractivity contribution in [3.05, 3.63) is 101 Å². The standard InChI is InChI=1S/C38H37F2N5O5/c1-4-47-37(46)38(17-8-9-18-38)45(3)33-31(39)35(49-28-14-10-13-27(22-28)34-42-19-20-44(34)2)43-36(32(33)40)50-30-21-26(23-41)15-16-29(30)48-24-25-11-6-5-7-12-25/h5-7,10-16,21-22H,4,8-9,17-20,24H2,1-3H3. The number of likely N-dealkylation sites (N-methyl/N-ethyl adjacent to an activating group) is 2. The van der Waals surface area contributed by atoms with Crippen LogP contribution >= 0.6 is 0 Å². The van der Waals surface area contributed by atoms with Crippen LogP contribution in [0.25, 0.3) is 0 Å². The number of carbonyl (C=O) groups is 1. The van der Waals surface area contributed by atoms with Crippen molar-refractivity contribution in [2.75, 3.05) is 38.7 Å². The van der Waals surface area contributed by atoms with Crippen LogP contribution in [0.1, 0.15) is 49.3 Å². The first-order valence-corrected chi connectivity index (χ1v) is 16.5. The third-order valence-corrected chi connectivity index (χ3v) is 8.94. The number of amidine groups is 1. The number of rotatable bonds is 12. The van der Waals surface area contributed by atoms with Crippen LogP contribution in [0.5, 0.6) is 29.0 Å². The van der Waals surface area contributed by atoms with Gasteiger partial charge in [0, 0.05) is 32.3 Å². The maximum absolute atomic E-state index is 16.7. The van der Waals surface area contributed by atoms with Gasteiger partial charge in [0.2, 0.25) is 11.6 Å². The summed E-state index contributed by atoms with van der Waals surface area (Å²) in [7, 11) is 3.38. The van der Waals surface area contributed by atoms with Gasteiger partial charge in [-0.3, -0.25) is 4.99 Å². The van der Waals surface area contributed by atoms with Crippen molar-refractivity contribution in [3.63, 3.8) is 0 Å². The molecule has 2 aliphatic rings. The zero-order valence-electron chi connectivity index (χ0n) is 28.1.